The van der Waals surface area contributed by atoms with Gasteiger partial charge in [-0.05, 0) is 6.92 Å². The van der Waals surface area contributed by atoms with E-state index >= 15 is 0 Å². The molecule has 0 saturated carbocycles. The van der Waals surface area contributed by atoms with Gasteiger partial charge in [0.25, 0.3) is 0 Å². The van der Waals surface area contributed by atoms with E-state index in [1.165, 1.54) is 14.0 Å². The second-order valence-electron chi connectivity index (χ2n) is 3.33. The summed E-state index contributed by atoms with van der Waals surface area (Å²) in [5, 5.41) is 5.15. The number of rotatable bonds is 8. The summed E-state index contributed by atoms with van der Waals surface area (Å²) in [6.45, 7) is 2.16. The van der Waals surface area contributed by atoms with E-state index in [0.29, 0.717) is 13.1 Å². The van der Waals surface area contributed by atoms with Gasteiger partial charge in [-0.15, -0.1) is 0 Å². The summed E-state index contributed by atoms with van der Waals surface area (Å²) in [6.07, 6.45) is 0.448. The second kappa shape index (κ2) is 8.84. The summed E-state index contributed by atoms with van der Waals surface area (Å²) < 4.78 is 4.61. The molecule has 0 aromatic carbocycles. The van der Waals surface area contributed by atoms with E-state index in [1.807, 2.05) is 0 Å². The summed E-state index contributed by atoms with van der Waals surface area (Å²) in [4.78, 5) is 32.6. The molecule has 0 heterocycles. The van der Waals surface area contributed by atoms with Crippen LogP contribution in [0, 0.1) is 0 Å². The third kappa shape index (κ3) is 9.14. The largest absolute Gasteiger partial charge is 0.375 e. The molecule has 0 fully saturated rings. The van der Waals surface area contributed by atoms with E-state index in [1.54, 1.807) is 0 Å². The van der Waals surface area contributed by atoms with E-state index in [-0.39, 0.29) is 37.0 Å². The molecule has 0 aromatic rings. The number of hydrogen-bond acceptors (Lipinski definition) is 4. The number of ether oxygens (including phenoxy) is 1. The van der Waals surface area contributed by atoms with Gasteiger partial charge < -0.3 is 20.2 Å². The summed E-state index contributed by atoms with van der Waals surface area (Å²) in [5.41, 5.74) is 0. The van der Waals surface area contributed by atoms with Crippen LogP contribution in [0.3, 0.4) is 0 Å². The first kappa shape index (κ1) is 14.6. The highest BCUT2D eigenvalue weighted by Crippen LogP contribution is 1.89. The van der Waals surface area contributed by atoms with Gasteiger partial charge in [-0.25, -0.2) is 0 Å². The average molecular weight is 230 g/mol. The molecule has 2 amide bonds. The van der Waals surface area contributed by atoms with Crippen LogP contribution >= 0.6 is 0 Å². The van der Waals surface area contributed by atoms with Crippen LogP contribution in [-0.4, -0.2) is 44.4 Å². The Morgan fingerprint density at radius 2 is 1.56 bits per heavy atom. The van der Waals surface area contributed by atoms with Gasteiger partial charge in [0, 0.05) is 33.0 Å². The highest BCUT2D eigenvalue weighted by molar-refractivity contribution is 5.83. The van der Waals surface area contributed by atoms with Crippen molar-refractivity contribution in [2.75, 3.05) is 26.8 Å². The van der Waals surface area contributed by atoms with Crippen LogP contribution in [-0.2, 0) is 19.1 Å². The molecule has 0 unspecified atom stereocenters. The lowest BCUT2D eigenvalue weighted by atomic mass is 10.2. The molecule has 0 saturated heterocycles. The Morgan fingerprint density at radius 1 is 1.00 bits per heavy atom. The van der Waals surface area contributed by atoms with Crippen molar-refractivity contribution in [1.29, 1.82) is 0 Å². The van der Waals surface area contributed by atoms with E-state index in [0.717, 1.165) is 0 Å². The normalized spacial score (nSPS) is 9.62. The molecular weight excluding hydrogens is 212 g/mol. The molecule has 0 aromatic heterocycles. The first-order valence-electron chi connectivity index (χ1n) is 5.08. The van der Waals surface area contributed by atoms with Gasteiger partial charge in [-0.2, -0.15) is 0 Å². The fourth-order valence-corrected chi connectivity index (χ4v) is 0.964. The molecule has 0 spiro atoms. The number of ketones is 1. The molecule has 2 N–H and O–H groups in total. The number of carbonyl (C=O) groups excluding carboxylic acids is 3. The minimum absolute atomic E-state index is 0.0106. The van der Waals surface area contributed by atoms with Gasteiger partial charge in [-0.1, -0.05) is 0 Å². The molecule has 0 atom stereocenters. The molecule has 6 heteroatoms. The number of carbonyl (C=O) groups is 3. The summed E-state index contributed by atoms with van der Waals surface area (Å²) in [5.74, 6) is -0.416. The number of hydrogen-bond donors (Lipinski definition) is 2. The maximum absolute atomic E-state index is 11.1. The SMILES string of the molecule is COCC(=O)NCCNC(=O)CCC(C)=O. The monoisotopic (exact) mass is 230 g/mol. The summed E-state index contributed by atoms with van der Waals surface area (Å²) in [6, 6.07) is 0. The van der Waals surface area contributed by atoms with Gasteiger partial charge in [0.1, 0.15) is 12.4 Å². The quantitative estimate of drug-likeness (QED) is 0.536. The molecule has 6 nitrogen and oxygen atoms in total. The molecule has 0 aliphatic rings. The molecule has 92 valence electrons. The van der Waals surface area contributed by atoms with Crippen molar-refractivity contribution in [2.45, 2.75) is 19.8 Å². The van der Waals surface area contributed by atoms with Crippen LogP contribution in [0.25, 0.3) is 0 Å². The number of amides is 2. The highest BCUT2D eigenvalue weighted by Gasteiger charge is 2.03. The molecule has 0 aliphatic carbocycles. The fraction of sp³-hybridized carbons (Fsp3) is 0.700. The summed E-state index contributed by atoms with van der Waals surface area (Å²) >= 11 is 0. The minimum Gasteiger partial charge on any atom is -0.375 e. The van der Waals surface area contributed by atoms with E-state index < -0.39 is 0 Å². The van der Waals surface area contributed by atoms with Gasteiger partial charge in [0.15, 0.2) is 0 Å². The van der Waals surface area contributed by atoms with Crippen molar-refractivity contribution in [1.82, 2.24) is 10.6 Å². The Labute approximate surface area is 94.7 Å². The molecule has 0 bridgehead atoms. The fourth-order valence-electron chi connectivity index (χ4n) is 0.964. The maximum Gasteiger partial charge on any atom is 0.246 e. The lowest BCUT2D eigenvalue weighted by Gasteiger charge is -2.06. The zero-order chi connectivity index (χ0) is 12.4. The zero-order valence-electron chi connectivity index (χ0n) is 9.67. The third-order valence-corrected chi connectivity index (χ3v) is 1.75. The van der Waals surface area contributed by atoms with Crippen molar-refractivity contribution in [3.8, 4) is 0 Å². The maximum atomic E-state index is 11.1. The summed E-state index contributed by atoms with van der Waals surface area (Å²) in [7, 11) is 1.43. The zero-order valence-corrected chi connectivity index (χ0v) is 9.67. The van der Waals surface area contributed by atoms with Crippen molar-refractivity contribution in [2.24, 2.45) is 0 Å². The van der Waals surface area contributed by atoms with Crippen LogP contribution in [0.5, 0.6) is 0 Å². The Bertz CT molecular complexity index is 253. The average Bonchev–Trinajstić information content (AvgIpc) is 2.22. The third-order valence-electron chi connectivity index (χ3n) is 1.75. The van der Waals surface area contributed by atoms with Crippen LogP contribution in [0.15, 0.2) is 0 Å². The first-order chi connectivity index (χ1) is 7.56. The second-order valence-corrected chi connectivity index (χ2v) is 3.33. The van der Waals surface area contributed by atoms with Gasteiger partial charge in [0.05, 0.1) is 0 Å². The van der Waals surface area contributed by atoms with Crippen LogP contribution in [0.1, 0.15) is 19.8 Å². The predicted molar refractivity (Wildman–Crippen MR) is 57.8 cm³/mol. The Morgan fingerprint density at radius 3 is 2.06 bits per heavy atom. The number of nitrogens with one attached hydrogen (secondary N) is 2. The lowest BCUT2D eigenvalue weighted by Crippen LogP contribution is -2.36. The van der Waals surface area contributed by atoms with Crippen molar-refractivity contribution in [3.63, 3.8) is 0 Å². The van der Waals surface area contributed by atoms with Crippen molar-refractivity contribution < 1.29 is 19.1 Å². The van der Waals surface area contributed by atoms with Gasteiger partial charge in [-0.3, -0.25) is 9.59 Å². The van der Waals surface area contributed by atoms with Crippen LogP contribution in [0.2, 0.25) is 0 Å². The minimum atomic E-state index is -0.222. The molecule has 16 heavy (non-hydrogen) atoms. The van der Waals surface area contributed by atoms with E-state index in [2.05, 4.69) is 15.4 Å². The lowest BCUT2D eigenvalue weighted by molar-refractivity contribution is -0.125. The van der Waals surface area contributed by atoms with Crippen molar-refractivity contribution >= 4 is 17.6 Å². The van der Waals surface area contributed by atoms with Crippen LogP contribution in [0.4, 0.5) is 0 Å². The Balaban J connectivity index is 3.40. The van der Waals surface area contributed by atoms with Gasteiger partial charge >= 0.3 is 0 Å². The van der Waals surface area contributed by atoms with Crippen LogP contribution < -0.4 is 10.6 Å². The Kier molecular flexibility index (Phi) is 8.05. The standard InChI is InChI=1S/C10H18N2O4/c1-8(13)3-4-9(14)11-5-6-12-10(15)7-16-2/h3-7H2,1-2H3,(H,11,14)(H,12,15). The topological polar surface area (TPSA) is 84.5 Å². The first-order valence-corrected chi connectivity index (χ1v) is 5.08. The molecule has 0 radical (unpaired) electrons. The highest BCUT2D eigenvalue weighted by atomic mass is 16.5. The van der Waals surface area contributed by atoms with Crippen molar-refractivity contribution in [3.05, 3.63) is 0 Å². The molecular formula is C10H18N2O4. The smallest absolute Gasteiger partial charge is 0.246 e. The molecule has 0 rings (SSSR count). The van der Waals surface area contributed by atoms with Gasteiger partial charge in [0.2, 0.25) is 11.8 Å². The van der Waals surface area contributed by atoms with E-state index in [4.69, 9.17) is 0 Å². The predicted octanol–water partition coefficient (Wildman–Crippen LogP) is -0.766. The Hall–Kier alpha value is -1.43. The number of methoxy groups -OCH3 is 1. The van der Waals surface area contributed by atoms with E-state index in [9.17, 15) is 14.4 Å². The molecule has 0 aliphatic heterocycles. The number of Topliss-reactive ketones (excluding diaryl/α,β-unsaturated/α-hetero) is 1.